The molecule has 3 fully saturated rings. The highest BCUT2D eigenvalue weighted by Gasteiger charge is 2.75. The standard InChI is InChI=1S/C31H38ClN3O6/c1-5-17(3)22(16-36)35-27(29(38)34-26-18(4)8-7-9-21(26)32)31-15-14-23(41-31)24(25(31)30(35)39)28(37)33-19-10-12-20(13-11-19)40-6-2/h7-13,17,22-25,27,36H,5-6,14-16H2,1-4H3,(H,33,37)(H,34,38)/t17-,22-,23+,24-,25-,27?,31?/m0/s1. The van der Waals surface area contributed by atoms with Crippen molar-refractivity contribution in [2.24, 2.45) is 17.8 Å². The number of anilines is 2. The molecule has 0 aliphatic carbocycles. The first-order valence-electron chi connectivity index (χ1n) is 14.4. The monoisotopic (exact) mass is 583 g/mol. The molecule has 10 heteroatoms. The molecule has 3 saturated heterocycles. The maximum atomic E-state index is 14.3. The second-order valence-electron chi connectivity index (χ2n) is 11.3. The van der Waals surface area contributed by atoms with Gasteiger partial charge in [-0.25, -0.2) is 0 Å². The van der Waals surface area contributed by atoms with Gasteiger partial charge in [0.25, 0.3) is 0 Å². The predicted molar refractivity (Wildman–Crippen MR) is 156 cm³/mol. The molecule has 220 valence electrons. The van der Waals surface area contributed by atoms with E-state index >= 15 is 0 Å². The van der Waals surface area contributed by atoms with E-state index in [9.17, 15) is 19.5 Å². The highest BCUT2D eigenvalue weighted by molar-refractivity contribution is 6.34. The fraction of sp³-hybridized carbons (Fsp3) is 0.516. The lowest BCUT2D eigenvalue weighted by molar-refractivity contribution is -0.144. The van der Waals surface area contributed by atoms with Crippen molar-refractivity contribution in [1.29, 1.82) is 0 Å². The van der Waals surface area contributed by atoms with Crippen LogP contribution in [0.2, 0.25) is 5.02 Å². The lowest BCUT2D eigenvalue weighted by Crippen LogP contribution is -2.57. The van der Waals surface area contributed by atoms with Gasteiger partial charge in [-0.1, -0.05) is 44.0 Å². The summed E-state index contributed by atoms with van der Waals surface area (Å²) >= 11 is 6.44. The molecular formula is C31H38ClN3O6. The van der Waals surface area contributed by atoms with Gasteiger partial charge < -0.3 is 30.1 Å². The van der Waals surface area contributed by atoms with E-state index in [1.165, 1.54) is 4.90 Å². The number of aliphatic hydroxyl groups excluding tert-OH is 1. The molecule has 3 aliphatic heterocycles. The summed E-state index contributed by atoms with van der Waals surface area (Å²) in [6.07, 6.45) is 1.19. The van der Waals surface area contributed by atoms with Crippen LogP contribution in [0.4, 0.5) is 11.4 Å². The van der Waals surface area contributed by atoms with Gasteiger partial charge >= 0.3 is 0 Å². The first kappa shape index (κ1) is 29.4. The third kappa shape index (κ3) is 4.98. The molecule has 3 heterocycles. The van der Waals surface area contributed by atoms with Gasteiger partial charge in [0.2, 0.25) is 17.7 Å². The molecule has 2 aromatic carbocycles. The number of aryl methyl sites for hydroxylation is 1. The minimum Gasteiger partial charge on any atom is -0.494 e. The number of halogens is 1. The maximum Gasteiger partial charge on any atom is 0.250 e. The van der Waals surface area contributed by atoms with Crippen molar-refractivity contribution in [3.63, 3.8) is 0 Å². The van der Waals surface area contributed by atoms with Crippen LogP contribution in [0.15, 0.2) is 42.5 Å². The van der Waals surface area contributed by atoms with Gasteiger partial charge in [0.1, 0.15) is 17.4 Å². The minimum absolute atomic E-state index is 0.0927. The van der Waals surface area contributed by atoms with Gasteiger partial charge in [-0.2, -0.15) is 0 Å². The molecule has 0 aromatic heterocycles. The number of nitrogens with zero attached hydrogens (tertiary/aromatic N) is 1. The molecule has 3 amide bonds. The minimum atomic E-state index is -1.19. The van der Waals surface area contributed by atoms with Crippen molar-refractivity contribution in [3.8, 4) is 5.75 Å². The summed E-state index contributed by atoms with van der Waals surface area (Å²) in [6, 6.07) is 10.7. The molecular weight excluding hydrogens is 546 g/mol. The number of carbonyl (C=O) groups excluding carboxylic acids is 3. The van der Waals surface area contributed by atoms with Gasteiger partial charge in [0.05, 0.1) is 47.9 Å². The number of nitrogens with one attached hydrogen (secondary N) is 2. The Kier molecular flexibility index (Phi) is 8.32. The summed E-state index contributed by atoms with van der Waals surface area (Å²) in [5.41, 5.74) is 0.630. The Bertz CT molecular complexity index is 1300. The zero-order valence-corrected chi connectivity index (χ0v) is 24.6. The highest BCUT2D eigenvalue weighted by Crippen LogP contribution is 2.59. The fourth-order valence-corrected chi connectivity index (χ4v) is 7.14. The molecule has 3 N–H and O–H groups in total. The quantitative estimate of drug-likeness (QED) is 0.381. The average Bonchev–Trinajstić information content (AvgIpc) is 3.60. The molecule has 3 aliphatic rings. The number of hydrogen-bond acceptors (Lipinski definition) is 6. The van der Waals surface area contributed by atoms with Crippen LogP contribution in [0, 0.1) is 24.7 Å². The lowest BCUT2D eigenvalue weighted by Gasteiger charge is -2.38. The van der Waals surface area contributed by atoms with Crippen LogP contribution in [-0.2, 0) is 19.1 Å². The predicted octanol–water partition coefficient (Wildman–Crippen LogP) is 4.41. The highest BCUT2D eigenvalue weighted by atomic mass is 35.5. The number of aliphatic hydroxyl groups is 1. The molecule has 2 unspecified atom stereocenters. The molecule has 0 saturated carbocycles. The van der Waals surface area contributed by atoms with Gasteiger partial charge in [0.15, 0.2) is 0 Å². The van der Waals surface area contributed by atoms with Crippen LogP contribution in [-0.4, -0.2) is 64.7 Å². The van der Waals surface area contributed by atoms with E-state index < -0.39 is 41.5 Å². The Morgan fingerprint density at radius 1 is 1.17 bits per heavy atom. The number of benzene rings is 2. The van der Waals surface area contributed by atoms with Crippen LogP contribution in [0.1, 0.15) is 45.6 Å². The summed E-state index contributed by atoms with van der Waals surface area (Å²) in [4.78, 5) is 43.7. The second kappa shape index (κ2) is 11.6. The summed E-state index contributed by atoms with van der Waals surface area (Å²) in [7, 11) is 0. The van der Waals surface area contributed by atoms with Crippen molar-refractivity contribution in [3.05, 3.63) is 53.1 Å². The Balaban J connectivity index is 1.50. The maximum absolute atomic E-state index is 14.3. The number of hydrogen-bond donors (Lipinski definition) is 3. The lowest BCUT2D eigenvalue weighted by atomic mass is 9.70. The molecule has 0 radical (unpaired) electrons. The van der Waals surface area contributed by atoms with Crippen LogP contribution in [0.3, 0.4) is 0 Å². The van der Waals surface area contributed by atoms with Crippen molar-refractivity contribution in [1.82, 2.24) is 4.90 Å². The number of amides is 3. The number of ether oxygens (including phenoxy) is 2. The first-order chi connectivity index (χ1) is 19.7. The Hall–Kier alpha value is -3.14. The normalized spacial score (nSPS) is 27.9. The zero-order chi connectivity index (χ0) is 29.5. The van der Waals surface area contributed by atoms with E-state index in [0.29, 0.717) is 48.0 Å². The van der Waals surface area contributed by atoms with E-state index in [1.807, 2.05) is 33.8 Å². The SMILES string of the molecule is CCOc1ccc(NC(=O)[C@@H]2[C@H]3C(=O)N([C@@H](CO)[C@@H](C)CC)C(C(=O)Nc4c(C)cccc4Cl)C34CC[C@H]2O4)cc1. The number of rotatable bonds is 10. The fourth-order valence-electron chi connectivity index (χ4n) is 6.87. The molecule has 41 heavy (non-hydrogen) atoms. The molecule has 2 bridgehead atoms. The molecule has 2 aromatic rings. The van der Waals surface area contributed by atoms with E-state index in [1.54, 1.807) is 36.4 Å². The van der Waals surface area contributed by atoms with Crippen LogP contribution < -0.4 is 15.4 Å². The molecule has 5 rings (SSSR count). The summed E-state index contributed by atoms with van der Waals surface area (Å²) in [6.45, 7) is 7.88. The molecule has 9 nitrogen and oxygen atoms in total. The van der Waals surface area contributed by atoms with Crippen LogP contribution >= 0.6 is 11.6 Å². The smallest absolute Gasteiger partial charge is 0.250 e. The number of carbonyl (C=O) groups is 3. The van der Waals surface area contributed by atoms with Gasteiger partial charge in [-0.3, -0.25) is 14.4 Å². The van der Waals surface area contributed by atoms with Crippen molar-refractivity contribution < 1.29 is 29.0 Å². The van der Waals surface area contributed by atoms with E-state index in [4.69, 9.17) is 21.1 Å². The van der Waals surface area contributed by atoms with Gasteiger partial charge in [-0.15, -0.1) is 0 Å². The van der Waals surface area contributed by atoms with Crippen LogP contribution in [0.25, 0.3) is 0 Å². The Morgan fingerprint density at radius 3 is 2.54 bits per heavy atom. The van der Waals surface area contributed by atoms with E-state index in [0.717, 1.165) is 5.56 Å². The number of likely N-dealkylation sites (tertiary alicyclic amines) is 1. The summed E-state index contributed by atoms with van der Waals surface area (Å²) in [5.74, 6) is -2.14. The van der Waals surface area contributed by atoms with Crippen molar-refractivity contribution >= 4 is 40.7 Å². The Labute approximate surface area is 245 Å². The largest absolute Gasteiger partial charge is 0.494 e. The Morgan fingerprint density at radius 2 is 1.90 bits per heavy atom. The van der Waals surface area contributed by atoms with Gasteiger partial charge in [-0.05, 0) is 68.5 Å². The van der Waals surface area contributed by atoms with Crippen molar-refractivity contribution in [2.45, 2.75) is 70.7 Å². The van der Waals surface area contributed by atoms with Gasteiger partial charge in [0, 0.05) is 5.69 Å². The first-order valence-corrected chi connectivity index (χ1v) is 14.7. The second-order valence-corrected chi connectivity index (χ2v) is 11.7. The summed E-state index contributed by atoms with van der Waals surface area (Å²) in [5, 5.41) is 16.8. The molecule has 7 atom stereocenters. The number of para-hydroxylation sites is 1. The third-order valence-corrected chi connectivity index (χ3v) is 9.35. The topological polar surface area (TPSA) is 117 Å². The average molecular weight is 584 g/mol. The zero-order valence-electron chi connectivity index (χ0n) is 23.9. The van der Waals surface area contributed by atoms with Crippen molar-refractivity contribution in [2.75, 3.05) is 23.8 Å². The van der Waals surface area contributed by atoms with Crippen LogP contribution in [0.5, 0.6) is 5.75 Å². The van der Waals surface area contributed by atoms with E-state index in [-0.39, 0.29) is 24.3 Å². The third-order valence-electron chi connectivity index (χ3n) is 9.04. The molecule has 1 spiro atoms. The summed E-state index contributed by atoms with van der Waals surface area (Å²) < 4.78 is 12.0. The number of fused-ring (bicyclic) bond motifs is 1. The van der Waals surface area contributed by atoms with E-state index in [2.05, 4.69) is 10.6 Å².